The topological polar surface area (TPSA) is 77.5 Å². The lowest BCUT2D eigenvalue weighted by Gasteiger charge is -2.32. The third kappa shape index (κ3) is 4.07. The lowest BCUT2D eigenvalue weighted by Crippen LogP contribution is -2.44. The van der Waals surface area contributed by atoms with Crippen molar-refractivity contribution in [1.29, 1.82) is 0 Å². The molecule has 0 fully saturated rings. The second kappa shape index (κ2) is 11.5. The summed E-state index contributed by atoms with van der Waals surface area (Å²) in [4.78, 5) is 59.7. The van der Waals surface area contributed by atoms with Gasteiger partial charge in [0.2, 0.25) is 0 Å². The highest BCUT2D eigenvalue weighted by Crippen LogP contribution is 2.59. The van der Waals surface area contributed by atoms with Gasteiger partial charge in [0.25, 0.3) is 0 Å². The summed E-state index contributed by atoms with van der Waals surface area (Å²) in [6.07, 6.45) is 0. The average molecular weight is 686 g/mol. The van der Waals surface area contributed by atoms with Crippen LogP contribution >= 0.6 is 22.8 Å². The Morgan fingerprint density at radius 3 is 1.41 bits per heavy atom. The Bertz CT molecular complexity index is 2010. The summed E-state index contributed by atoms with van der Waals surface area (Å²) < 4.78 is 6.21. The number of fused-ring (bicyclic) bond motifs is 1. The van der Waals surface area contributed by atoms with E-state index in [0.717, 1.165) is 20.4 Å². The van der Waals surface area contributed by atoms with Gasteiger partial charge in [0, 0.05) is 26.5 Å². The first-order valence-electron chi connectivity index (χ1n) is 14.6. The molecule has 46 heavy (non-hydrogen) atoms. The van der Waals surface area contributed by atoms with Crippen molar-refractivity contribution in [3.05, 3.63) is 166 Å². The van der Waals surface area contributed by atoms with Gasteiger partial charge in [-0.3, -0.25) is 14.4 Å². The molecule has 5 aromatic carbocycles. The number of benzene rings is 5. The summed E-state index contributed by atoms with van der Waals surface area (Å²) in [7, 11) is 1.25. The maximum Gasteiger partial charge on any atom is 0.339 e. The molecule has 0 saturated carbocycles. The minimum atomic E-state index is -3.28. The molecular formula is C39H26BrO5P. The molecule has 0 unspecified atom stereocenters. The number of allylic oxidation sites excluding steroid dienone is 1. The van der Waals surface area contributed by atoms with E-state index < -0.39 is 35.6 Å². The molecule has 0 bridgehead atoms. The number of esters is 1. The van der Waals surface area contributed by atoms with Gasteiger partial charge in [-0.1, -0.05) is 143 Å². The molecule has 0 amide bonds. The number of hydrogen-bond acceptors (Lipinski definition) is 5. The van der Waals surface area contributed by atoms with Gasteiger partial charge in [-0.2, -0.15) is 0 Å². The van der Waals surface area contributed by atoms with Crippen molar-refractivity contribution in [3.63, 3.8) is 0 Å². The van der Waals surface area contributed by atoms with E-state index in [9.17, 15) is 14.4 Å². The Balaban J connectivity index is 1.79. The highest BCUT2D eigenvalue weighted by Gasteiger charge is 2.67. The summed E-state index contributed by atoms with van der Waals surface area (Å²) in [6.45, 7) is -3.28. The van der Waals surface area contributed by atoms with Crippen LogP contribution in [0.25, 0.3) is 5.57 Å². The van der Waals surface area contributed by atoms with E-state index in [4.69, 9.17) is 4.74 Å². The van der Waals surface area contributed by atoms with Gasteiger partial charge >= 0.3 is 5.97 Å². The second-order valence-electron chi connectivity index (χ2n) is 11.1. The van der Waals surface area contributed by atoms with Crippen LogP contribution in [0, 0.1) is 5.41 Å². The van der Waals surface area contributed by atoms with Crippen molar-refractivity contribution < 1.29 is 23.9 Å². The molecule has 0 atom stereocenters. The summed E-state index contributed by atoms with van der Waals surface area (Å²) in [5.74, 6) is -2.76. The minimum absolute atomic E-state index is 0.0470. The van der Waals surface area contributed by atoms with Crippen LogP contribution in [-0.2, 0) is 14.3 Å². The van der Waals surface area contributed by atoms with E-state index in [1.807, 2.05) is 91.0 Å². The minimum Gasteiger partial charge on any atom is -0.465 e. The zero-order valence-electron chi connectivity index (χ0n) is 24.6. The fraction of sp³-hybridized carbons (Fsp3) is 0.0513. The number of hydrogen-bond donors (Lipinski definition) is 0. The predicted octanol–water partition coefficient (Wildman–Crippen LogP) is 6.19. The van der Waals surface area contributed by atoms with Crippen LogP contribution in [0.3, 0.4) is 0 Å². The molecule has 0 radical (unpaired) electrons. The van der Waals surface area contributed by atoms with Crippen LogP contribution in [0.15, 0.2) is 150 Å². The quantitative estimate of drug-likeness (QED) is 0.125. The zero-order valence-corrected chi connectivity index (χ0v) is 27.1. The van der Waals surface area contributed by atoms with Gasteiger partial charge in [-0.05, 0) is 40.5 Å². The van der Waals surface area contributed by atoms with Crippen LogP contribution in [0.5, 0.6) is 0 Å². The highest BCUT2D eigenvalue weighted by molar-refractivity contribution is 9.10. The number of methoxy groups -OCH3 is 1. The van der Waals surface area contributed by atoms with E-state index in [1.54, 1.807) is 48.5 Å². The van der Waals surface area contributed by atoms with Gasteiger partial charge in [-0.15, -0.1) is 0 Å². The molecule has 0 N–H and O–H groups in total. The van der Waals surface area contributed by atoms with Gasteiger partial charge in [0.1, 0.15) is 0 Å². The predicted molar refractivity (Wildman–Crippen MR) is 186 cm³/mol. The number of ketones is 3. The summed E-state index contributed by atoms with van der Waals surface area (Å²) in [5, 5.41) is 2.50. The van der Waals surface area contributed by atoms with Crippen molar-refractivity contribution in [3.8, 4) is 0 Å². The second-order valence-corrected chi connectivity index (χ2v) is 15.3. The first-order chi connectivity index (χ1) is 22.4. The maximum absolute atomic E-state index is 15.8. The first kappa shape index (κ1) is 29.8. The standard InChI is InChI=1S/C39H26BrO5P/c1-45-38(44)32-33(25-21-23-26(40)24-22-25)39(35(41)30-19-11-12-20-31(30)36(39)42)37(43)34(32)46(27-13-5-2-6-14-27,28-15-7-3-8-16-28)29-17-9-4-10-18-29/h2-24H,1H3. The number of ether oxygens (including phenoxy) is 1. The Kier molecular flexibility index (Phi) is 7.43. The van der Waals surface area contributed by atoms with E-state index in [2.05, 4.69) is 15.9 Å². The van der Waals surface area contributed by atoms with Gasteiger partial charge in [-0.25, -0.2) is 4.79 Å². The fourth-order valence-corrected chi connectivity index (χ4v) is 11.7. The molecule has 0 aliphatic heterocycles. The molecule has 0 heterocycles. The molecule has 7 heteroatoms. The molecule has 224 valence electrons. The van der Waals surface area contributed by atoms with E-state index in [1.165, 1.54) is 7.11 Å². The molecule has 0 aromatic heterocycles. The average Bonchev–Trinajstić information content (AvgIpc) is 3.51. The van der Waals surface area contributed by atoms with Crippen LogP contribution in [0.2, 0.25) is 0 Å². The number of halogens is 1. The first-order valence-corrected chi connectivity index (χ1v) is 17.2. The van der Waals surface area contributed by atoms with Crippen LogP contribution < -0.4 is 15.9 Å². The smallest absolute Gasteiger partial charge is 0.339 e. The van der Waals surface area contributed by atoms with Crippen LogP contribution in [-0.4, -0.2) is 35.7 Å². The van der Waals surface area contributed by atoms with Crippen molar-refractivity contribution in [2.45, 2.75) is 0 Å². The lowest BCUT2D eigenvalue weighted by atomic mass is 9.73. The van der Waals surface area contributed by atoms with E-state index >= 15 is 4.79 Å². The Morgan fingerprint density at radius 1 is 0.587 bits per heavy atom. The van der Waals surface area contributed by atoms with Crippen LogP contribution in [0.1, 0.15) is 26.3 Å². The zero-order chi connectivity index (χ0) is 32.1. The van der Waals surface area contributed by atoms with E-state index in [0.29, 0.717) is 5.56 Å². The normalized spacial score (nSPS) is 15.4. The largest absolute Gasteiger partial charge is 0.465 e. The summed E-state index contributed by atoms with van der Waals surface area (Å²) >= 11 is 3.47. The van der Waals surface area contributed by atoms with Crippen LogP contribution in [0.4, 0.5) is 0 Å². The molecular weight excluding hydrogens is 659 g/mol. The summed E-state index contributed by atoms with van der Waals surface area (Å²) in [5.41, 5.74) is -1.57. The SMILES string of the molecule is COC(=O)C1=C(c2ccc(Br)cc2)C2(C(=O)C1=P(c1ccccc1)(c1ccccc1)c1ccccc1)C(=O)c1ccccc1C2=O. The van der Waals surface area contributed by atoms with Crippen molar-refractivity contribution >= 4 is 72.9 Å². The van der Waals surface area contributed by atoms with Gasteiger partial charge in [0.15, 0.2) is 22.8 Å². The molecule has 2 aliphatic rings. The monoisotopic (exact) mass is 684 g/mol. The highest BCUT2D eigenvalue weighted by atomic mass is 79.9. The molecule has 5 nitrogen and oxygen atoms in total. The van der Waals surface area contributed by atoms with Crippen molar-refractivity contribution in [2.75, 3.05) is 7.11 Å². The van der Waals surface area contributed by atoms with Gasteiger partial charge < -0.3 is 4.74 Å². The Labute approximate surface area is 274 Å². The Hall–Kier alpha value is -4.90. The number of rotatable bonds is 5. The maximum atomic E-state index is 15.8. The molecule has 1 spiro atoms. The number of Topliss-reactive ketones (excluding diaryl/α,β-unsaturated/α-hetero) is 3. The summed E-state index contributed by atoms with van der Waals surface area (Å²) in [6, 6.07) is 42.2. The third-order valence-electron chi connectivity index (χ3n) is 8.80. The third-order valence-corrected chi connectivity index (χ3v) is 13.6. The fourth-order valence-electron chi connectivity index (χ4n) is 6.92. The van der Waals surface area contributed by atoms with Gasteiger partial charge in [0.05, 0.1) is 12.7 Å². The molecule has 5 aromatic rings. The molecule has 2 aliphatic carbocycles. The van der Waals surface area contributed by atoms with E-state index in [-0.39, 0.29) is 27.6 Å². The van der Waals surface area contributed by atoms with Crippen molar-refractivity contribution in [1.82, 2.24) is 0 Å². The molecule has 0 saturated heterocycles. The Morgan fingerprint density at radius 2 is 1.00 bits per heavy atom. The number of carbonyl (C=O) groups excluding carboxylic acids is 4. The van der Waals surface area contributed by atoms with Crippen molar-refractivity contribution in [2.24, 2.45) is 5.41 Å². The number of carbonyl (C=O) groups is 4. The lowest BCUT2D eigenvalue weighted by molar-refractivity contribution is -0.135. The molecule has 7 rings (SSSR count).